The van der Waals surface area contributed by atoms with E-state index in [0.29, 0.717) is 13.2 Å². The summed E-state index contributed by atoms with van der Waals surface area (Å²) in [5, 5.41) is 3.40. The second-order valence-corrected chi connectivity index (χ2v) is 4.88. The van der Waals surface area contributed by atoms with Gasteiger partial charge in [0.25, 0.3) is 6.43 Å². The monoisotopic (exact) mass is 285 g/mol. The molecule has 0 amide bonds. The van der Waals surface area contributed by atoms with Gasteiger partial charge in [-0.3, -0.25) is 0 Å². The van der Waals surface area contributed by atoms with Gasteiger partial charge in [-0.2, -0.15) is 0 Å². The summed E-state index contributed by atoms with van der Waals surface area (Å²) >= 11 is 0. The van der Waals surface area contributed by atoms with Crippen molar-refractivity contribution in [2.75, 3.05) is 19.8 Å². The molecule has 0 saturated carbocycles. The minimum Gasteiger partial charge on any atom is -0.374 e. The van der Waals surface area contributed by atoms with Crippen molar-refractivity contribution in [2.45, 2.75) is 45.1 Å². The SMILES string of the molecule is CCCCCC(NCCOCC(F)F)c1ccccc1. The molecule has 0 fully saturated rings. The fourth-order valence-corrected chi connectivity index (χ4v) is 2.15. The van der Waals surface area contributed by atoms with Gasteiger partial charge >= 0.3 is 0 Å². The Morgan fingerprint density at radius 3 is 2.55 bits per heavy atom. The zero-order chi connectivity index (χ0) is 14.6. The van der Waals surface area contributed by atoms with Crippen molar-refractivity contribution in [1.29, 1.82) is 0 Å². The maximum absolute atomic E-state index is 11.9. The first-order valence-corrected chi connectivity index (χ1v) is 7.38. The number of benzene rings is 1. The number of unbranched alkanes of at least 4 members (excludes halogenated alkanes) is 2. The third-order valence-corrected chi connectivity index (χ3v) is 3.18. The van der Waals surface area contributed by atoms with Crippen molar-refractivity contribution in [2.24, 2.45) is 0 Å². The first-order chi connectivity index (χ1) is 9.74. The van der Waals surface area contributed by atoms with Crippen molar-refractivity contribution in [3.63, 3.8) is 0 Å². The van der Waals surface area contributed by atoms with Gasteiger partial charge in [-0.05, 0) is 12.0 Å². The van der Waals surface area contributed by atoms with Gasteiger partial charge in [0.1, 0.15) is 6.61 Å². The molecule has 0 aliphatic heterocycles. The van der Waals surface area contributed by atoms with E-state index in [1.807, 2.05) is 18.2 Å². The van der Waals surface area contributed by atoms with E-state index in [2.05, 4.69) is 24.4 Å². The molecule has 0 bridgehead atoms. The van der Waals surface area contributed by atoms with Gasteiger partial charge < -0.3 is 10.1 Å². The van der Waals surface area contributed by atoms with Crippen molar-refractivity contribution < 1.29 is 13.5 Å². The van der Waals surface area contributed by atoms with Crippen LogP contribution in [-0.4, -0.2) is 26.2 Å². The highest BCUT2D eigenvalue weighted by Gasteiger charge is 2.10. The molecule has 1 rings (SSSR count). The average Bonchev–Trinajstić information content (AvgIpc) is 2.46. The number of rotatable bonds is 11. The zero-order valence-corrected chi connectivity index (χ0v) is 12.2. The summed E-state index contributed by atoms with van der Waals surface area (Å²) in [6.07, 6.45) is 2.25. The average molecular weight is 285 g/mol. The largest absolute Gasteiger partial charge is 0.374 e. The van der Waals surface area contributed by atoms with Gasteiger partial charge in [0.05, 0.1) is 6.61 Å². The highest BCUT2D eigenvalue weighted by atomic mass is 19.3. The number of hydrogen-bond donors (Lipinski definition) is 1. The molecule has 4 heteroatoms. The molecule has 1 aromatic rings. The molecule has 1 atom stereocenters. The summed E-state index contributed by atoms with van der Waals surface area (Å²) in [7, 11) is 0. The lowest BCUT2D eigenvalue weighted by molar-refractivity contribution is 0.0181. The number of nitrogens with one attached hydrogen (secondary N) is 1. The molecule has 0 heterocycles. The molecule has 2 nitrogen and oxygen atoms in total. The van der Waals surface area contributed by atoms with Crippen LogP contribution in [0.25, 0.3) is 0 Å². The van der Waals surface area contributed by atoms with Gasteiger partial charge in [0.2, 0.25) is 0 Å². The smallest absolute Gasteiger partial charge is 0.261 e. The molecule has 1 N–H and O–H groups in total. The molecule has 114 valence electrons. The van der Waals surface area contributed by atoms with Crippen LogP contribution in [-0.2, 0) is 4.74 Å². The summed E-state index contributed by atoms with van der Waals surface area (Å²) in [5.41, 5.74) is 1.25. The molecule has 0 saturated heterocycles. The van der Waals surface area contributed by atoms with E-state index >= 15 is 0 Å². The molecule has 1 aromatic carbocycles. The van der Waals surface area contributed by atoms with E-state index in [1.165, 1.54) is 24.8 Å². The van der Waals surface area contributed by atoms with E-state index in [-0.39, 0.29) is 6.04 Å². The molecule has 0 spiro atoms. The third kappa shape index (κ3) is 7.56. The van der Waals surface area contributed by atoms with Crippen LogP contribution in [0.4, 0.5) is 8.78 Å². The Balaban J connectivity index is 2.35. The van der Waals surface area contributed by atoms with E-state index in [0.717, 1.165) is 6.42 Å². The number of alkyl halides is 2. The van der Waals surface area contributed by atoms with Gasteiger partial charge in [-0.25, -0.2) is 8.78 Å². The molecule has 0 aromatic heterocycles. The molecule has 1 unspecified atom stereocenters. The Labute approximate surface area is 120 Å². The first-order valence-electron chi connectivity index (χ1n) is 7.38. The van der Waals surface area contributed by atoms with Crippen LogP contribution in [0.2, 0.25) is 0 Å². The quantitative estimate of drug-likeness (QED) is 0.616. The summed E-state index contributed by atoms with van der Waals surface area (Å²) in [6.45, 7) is 2.62. The lowest BCUT2D eigenvalue weighted by atomic mass is 10.0. The standard InChI is InChI=1S/C16H25F2NO/c1-2-3-5-10-15(14-8-6-4-7-9-14)19-11-12-20-13-16(17)18/h4,6-9,15-16,19H,2-3,5,10-13H2,1H3. The molecular formula is C16H25F2NO. The van der Waals surface area contributed by atoms with E-state index < -0.39 is 13.0 Å². The predicted octanol–water partition coefficient (Wildman–Crippen LogP) is 4.18. The van der Waals surface area contributed by atoms with Crippen molar-refractivity contribution in [3.05, 3.63) is 35.9 Å². The second kappa shape index (κ2) is 10.7. The minimum atomic E-state index is -2.38. The zero-order valence-electron chi connectivity index (χ0n) is 12.2. The van der Waals surface area contributed by atoms with Crippen LogP contribution < -0.4 is 5.32 Å². The van der Waals surface area contributed by atoms with Crippen molar-refractivity contribution >= 4 is 0 Å². The number of halogens is 2. The second-order valence-electron chi connectivity index (χ2n) is 4.88. The number of ether oxygens (including phenoxy) is 1. The van der Waals surface area contributed by atoms with E-state index in [9.17, 15) is 8.78 Å². The minimum absolute atomic E-state index is 0.276. The summed E-state index contributed by atoms with van der Waals surface area (Å²) in [6, 6.07) is 10.5. The van der Waals surface area contributed by atoms with E-state index in [1.54, 1.807) is 0 Å². The van der Waals surface area contributed by atoms with Crippen molar-refractivity contribution in [3.8, 4) is 0 Å². The van der Waals surface area contributed by atoms with Crippen LogP contribution in [0.3, 0.4) is 0 Å². The molecular weight excluding hydrogens is 260 g/mol. The van der Waals surface area contributed by atoms with Crippen LogP contribution in [0, 0.1) is 0 Å². The van der Waals surface area contributed by atoms with Crippen molar-refractivity contribution in [1.82, 2.24) is 5.32 Å². The Kier molecular flexibility index (Phi) is 9.16. The Morgan fingerprint density at radius 2 is 1.90 bits per heavy atom. The lowest BCUT2D eigenvalue weighted by Gasteiger charge is -2.19. The van der Waals surface area contributed by atoms with Crippen LogP contribution in [0.5, 0.6) is 0 Å². The Morgan fingerprint density at radius 1 is 1.15 bits per heavy atom. The molecule has 0 radical (unpaired) electrons. The fraction of sp³-hybridized carbons (Fsp3) is 0.625. The highest BCUT2D eigenvalue weighted by molar-refractivity contribution is 5.18. The summed E-state index contributed by atoms with van der Waals surface area (Å²) < 4.78 is 28.8. The predicted molar refractivity (Wildman–Crippen MR) is 78.2 cm³/mol. The maximum Gasteiger partial charge on any atom is 0.261 e. The van der Waals surface area contributed by atoms with Gasteiger partial charge in [0, 0.05) is 12.6 Å². The van der Waals surface area contributed by atoms with Crippen LogP contribution >= 0.6 is 0 Å². The van der Waals surface area contributed by atoms with Gasteiger partial charge in [0.15, 0.2) is 0 Å². The van der Waals surface area contributed by atoms with Crippen LogP contribution in [0.1, 0.15) is 44.2 Å². The fourth-order valence-electron chi connectivity index (χ4n) is 2.15. The normalized spacial score (nSPS) is 12.8. The highest BCUT2D eigenvalue weighted by Crippen LogP contribution is 2.19. The van der Waals surface area contributed by atoms with Gasteiger partial charge in [-0.15, -0.1) is 0 Å². The van der Waals surface area contributed by atoms with E-state index in [4.69, 9.17) is 4.74 Å². The maximum atomic E-state index is 11.9. The Bertz CT molecular complexity index is 333. The number of hydrogen-bond acceptors (Lipinski definition) is 2. The third-order valence-electron chi connectivity index (χ3n) is 3.18. The molecule has 20 heavy (non-hydrogen) atoms. The molecule has 0 aliphatic rings. The first kappa shape index (κ1) is 17.1. The topological polar surface area (TPSA) is 21.3 Å². The summed E-state index contributed by atoms with van der Waals surface area (Å²) in [5.74, 6) is 0. The van der Waals surface area contributed by atoms with Gasteiger partial charge in [-0.1, -0.05) is 56.5 Å². The summed E-state index contributed by atoms with van der Waals surface area (Å²) in [4.78, 5) is 0. The Hall–Kier alpha value is -1.00. The molecule has 0 aliphatic carbocycles. The van der Waals surface area contributed by atoms with Crippen LogP contribution in [0.15, 0.2) is 30.3 Å². The lowest BCUT2D eigenvalue weighted by Crippen LogP contribution is -2.26.